The molecule has 3 N–H and O–H groups in total. The number of amides is 1. The number of rotatable bonds is 4. The van der Waals surface area contributed by atoms with E-state index in [1.54, 1.807) is 13.0 Å². The van der Waals surface area contributed by atoms with Gasteiger partial charge in [0.15, 0.2) is 0 Å². The van der Waals surface area contributed by atoms with Gasteiger partial charge in [-0.1, -0.05) is 18.2 Å². The highest BCUT2D eigenvalue weighted by Crippen LogP contribution is 2.12. The van der Waals surface area contributed by atoms with Gasteiger partial charge in [0.2, 0.25) is 5.95 Å². The van der Waals surface area contributed by atoms with Gasteiger partial charge in [0.05, 0.1) is 5.56 Å². The van der Waals surface area contributed by atoms with Crippen LogP contribution in [0, 0.1) is 13.8 Å². The Bertz CT molecular complexity index is 949. The molecule has 0 radical (unpaired) electrons. The number of hydrogen-bond donors (Lipinski definition) is 3. The first-order chi connectivity index (χ1) is 12.0. The van der Waals surface area contributed by atoms with Crippen molar-refractivity contribution in [1.82, 2.24) is 15.0 Å². The first-order valence-corrected chi connectivity index (χ1v) is 7.69. The molecule has 25 heavy (non-hydrogen) atoms. The third-order valence-corrected chi connectivity index (χ3v) is 3.69. The van der Waals surface area contributed by atoms with Gasteiger partial charge in [-0.2, -0.15) is 0 Å². The summed E-state index contributed by atoms with van der Waals surface area (Å²) in [7, 11) is 0. The second kappa shape index (κ2) is 6.96. The van der Waals surface area contributed by atoms with Crippen LogP contribution < -0.4 is 16.2 Å². The average molecular weight is 335 g/mol. The van der Waals surface area contributed by atoms with E-state index in [4.69, 9.17) is 0 Å². The predicted molar refractivity (Wildman–Crippen MR) is 96.2 cm³/mol. The molecule has 2 heterocycles. The van der Waals surface area contributed by atoms with Crippen molar-refractivity contribution in [1.29, 1.82) is 0 Å². The van der Waals surface area contributed by atoms with Crippen LogP contribution in [0.25, 0.3) is 0 Å². The van der Waals surface area contributed by atoms with Crippen molar-refractivity contribution in [2.45, 2.75) is 13.8 Å². The van der Waals surface area contributed by atoms with Crippen LogP contribution in [0.4, 0.5) is 17.3 Å². The highest BCUT2D eigenvalue weighted by molar-refractivity contribution is 6.03. The van der Waals surface area contributed by atoms with Gasteiger partial charge in [-0.3, -0.25) is 9.59 Å². The average Bonchev–Trinajstić information content (AvgIpc) is 2.61. The quantitative estimate of drug-likeness (QED) is 0.681. The van der Waals surface area contributed by atoms with Gasteiger partial charge in [-0.15, -0.1) is 0 Å². The zero-order chi connectivity index (χ0) is 17.8. The Balaban J connectivity index is 1.73. The van der Waals surface area contributed by atoms with E-state index in [0.717, 1.165) is 16.9 Å². The molecule has 1 aromatic carbocycles. The van der Waals surface area contributed by atoms with Crippen LogP contribution in [0.3, 0.4) is 0 Å². The number of benzene rings is 1. The lowest BCUT2D eigenvalue weighted by Crippen LogP contribution is -2.21. The Morgan fingerprint density at radius 1 is 1.08 bits per heavy atom. The Labute approximate surface area is 144 Å². The second-order valence-electron chi connectivity index (χ2n) is 5.56. The summed E-state index contributed by atoms with van der Waals surface area (Å²) in [5.74, 6) is -0.0632. The maximum atomic E-state index is 12.3. The third kappa shape index (κ3) is 3.89. The lowest BCUT2D eigenvalue weighted by atomic mass is 10.2. The number of para-hydroxylation sites is 1. The molecule has 7 heteroatoms. The summed E-state index contributed by atoms with van der Waals surface area (Å²) < 4.78 is 0. The number of aromatic amines is 1. The van der Waals surface area contributed by atoms with Gasteiger partial charge in [0, 0.05) is 23.8 Å². The predicted octanol–water partition coefficient (Wildman–Crippen LogP) is 2.78. The summed E-state index contributed by atoms with van der Waals surface area (Å²) in [6.07, 6.45) is 2.81. The molecule has 1 amide bonds. The van der Waals surface area contributed by atoms with Crippen LogP contribution in [-0.4, -0.2) is 20.9 Å². The molecule has 0 unspecified atom stereocenters. The molecule has 0 fully saturated rings. The number of anilines is 3. The molecule has 0 bridgehead atoms. The number of pyridine rings is 1. The van der Waals surface area contributed by atoms with E-state index in [1.165, 1.54) is 12.4 Å². The third-order valence-electron chi connectivity index (χ3n) is 3.69. The summed E-state index contributed by atoms with van der Waals surface area (Å²) >= 11 is 0. The van der Waals surface area contributed by atoms with Gasteiger partial charge in [-0.25, -0.2) is 9.97 Å². The number of hydrogen-bond acceptors (Lipinski definition) is 5. The standard InChI is InChI=1S/C18H17N5O2/c1-11-8-15(17(25)21-12(11)2)23-16(24)13-9-19-18(20-10-13)22-14-6-4-3-5-7-14/h3-10H,1-2H3,(H,21,25)(H,23,24)(H,19,20,22). The molecule has 0 spiro atoms. The number of nitrogens with one attached hydrogen (secondary N) is 3. The smallest absolute Gasteiger partial charge is 0.271 e. The van der Waals surface area contributed by atoms with Crippen LogP contribution in [-0.2, 0) is 0 Å². The van der Waals surface area contributed by atoms with Gasteiger partial charge >= 0.3 is 0 Å². The van der Waals surface area contributed by atoms with Gasteiger partial charge in [0.25, 0.3) is 11.5 Å². The summed E-state index contributed by atoms with van der Waals surface area (Å²) in [6, 6.07) is 11.1. The molecule has 0 aliphatic carbocycles. The van der Waals surface area contributed by atoms with Gasteiger partial charge in [0.1, 0.15) is 5.69 Å². The van der Waals surface area contributed by atoms with Crippen molar-refractivity contribution >= 4 is 23.2 Å². The van der Waals surface area contributed by atoms with Crippen molar-refractivity contribution in [2.24, 2.45) is 0 Å². The van der Waals surface area contributed by atoms with Crippen molar-refractivity contribution in [3.8, 4) is 0 Å². The molecule has 7 nitrogen and oxygen atoms in total. The van der Waals surface area contributed by atoms with E-state index in [9.17, 15) is 9.59 Å². The molecule has 126 valence electrons. The van der Waals surface area contributed by atoms with Crippen LogP contribution >= 0.6 is 0 Å². The van der Waals surface area contributed by atoms with E-state index < -0.39 is 5.91 Å². The van der Waals surface area contributed by atoms with E-state index in [-0.39, 0.29) is 16.8 Å². The Morgan fingerprint density at radius 2 is 1.76 bits per heavy atom. The molecule has 2 aromatic heterocycles. The Kier molecular flexibility index (Phi) is 4.56. The maximum Gasteiger partial charge on any atom is 0.271 e. The van der Waals surface area contributed by atoms with Gasteiger partial charge in [-0.05, 0) is 37.6 Å². The SMILES string of the molecule is Cc1cc(NC(=O)c2cnc(Nc3ccccc3)nc2)c(=O)[nH]c1C. The van der Waals surface area contributed by atoms with E-state index in [2.05, 4.69) is 25.6 Å². The fraction of sp³-hybridized carbons (Fsp3) is 0.111. The number of H-pyrrole nitrogens is 1. The number of carbonyl (C=O) groups excluding carboxylic acids is 1. The number of nitrogens with zero attached hydrogens (tertiary/aromatic N) is 2. The zero-order valence-electron chi connectivity index (χ0n) is 13.8. The summed E-state index contributed by atoms with van der Waals surface area (Å²) in [5, 5.41) is 5.61. The molecule has 0 aliphatic heterocycles. The van der Waals surface area contributed by atoms with E-state index >= 15 is 0 Å². The maximum absolute atomic E-state index is 12.3. The van der Waals surface area contributed by atoms with Crippen molar-refractivity contribution in [3.05, 3.63) is 76.0 Å². The molecule has 0 atom stereocenters. The van der Waals surface area contributed by atoms with Crippen LogP contribution in [0.5, 0.6) is 0 Å². The normalized spacial score (nSPS) is 10.3. The summed E-state index contributed by atoms with van der Waals surface area (Å²) in [4.78, 5) is 35.1. The van der Waals surface area contributed by atoms with Crippen LogP contribution in [0.2, 0.25) is 0 Å². The summed E-state index contributed by atoms with van der Waals surface area (Å²) in [5.41, 5.74) is 2.60. The fourth-order valence-electron chi connectivity index (χ4n) is 2.17. The van der Waals surface area contributed by atoms with Gasteiger partial charge < -0.3 is 15.6 Å². The van der Waals surface area contributed by atoms with Crippen LogP contribution in [0.15, 0.2) is 53.6 Å². The largest absolute Gasteiger partial charge is 0.324 e. The first-order valence-electron chi connectivity index (χ1n) is 7.69. The number of aromatic nitrogens is 3. The molecular formula is C18H17N5O2. The second-order valence-corrected chi connectivity index (χ2v) is 5.56. The number of aryl methyl sites for hydroxylation is 2. The molecule has 0 saturated heterocycles. The molecule has 3 rings (SSSR count). The molecule has 3 aromatic rings. The van der Waals surface area contributed by atoms with Crippen LogP contribution in [0.1, 0.15) is 21.6 Å². The highest BCUT2D eigenvalue weighted by Gasteiger charge is 2.11. The van der Waals surface area contributed by atoms with Crippen molar-refractivity contribution in [2.75, 3.05) is 10.6 Å². The van der Waals surface area contributed by atoms with E-state index in [0.29, 0.717) is 5.95 Å². The lowest BCUT2D eigenvalue weighted by Gasteiger charge is -2.08. The monoisotopic (exact) mass is 335 g/mol. The Morgan fingerprint density at radius 3 is 2.44 bits per heavy atom. The van der Waals surface area contributed by atoms with Crippen molar-refractivity contribution in [3.63, 3.8) is 0 Å². The molecular weight excluding hydrogens is 318 g/mol. The minimum absolute atomic E-state index is 0.194. The minimum atomic E-state index is -0.444. The molecule has 0 aliphatic rings. The highest BCUT2D eigenvalue weighted by atomic mass is 16.2. The topological polar surface area (TPSA) is 99.8 Å². The number of carbonyl (C=O) groups is 1. The fourth-order valence-corrected chi connectivity index (χ4v) is 2.17. The first kappa shape index (κ1) is 16.4. The zero-order valence-corrected chi connectivity index (χ0v) is 13.8. The summed E-state index contributed by atoms with van der Waals surface area (Å²) in [6.45, 7) is 3.66. The molecule has 0 saturated carbocycles. The lowest BCUT2D eigenvalue weighted by molar-refractivity contribution is 0.102. The minimum Gasteiger partial charge on any atom is -0.324 e. The van der Waals surface area contributed by atoms with Crippen molar-refractivity contribution < 1.29 is 4.79 Å². The van der Waals surface area contributed by atoms with E-state index in [1.807, 2.05) is 37.3 Å². The Hall–Kier alpha value is -3.48.